The number of aryl methyl sites for hydroxylation is 1. The molecule has 2 rings (SSSR count). The Morgan fingerprint density at radius 2 is 2.00 bits per heavy atom. The summed E-state index contributed by atoms with van der Waals surface area (Å²) in [6.07, 6.45) is 0. The van der Waals surface area contributed by atoms with Crippen molar-refractivity contribution in [1.29, 1.82) is 0 Å². The first-order valence-electron chi connectivity index (χ1n) is 4.85. The lowest BCUT2D eigenvalue weighted by Gasteiger charge is -2.01. The number of thiazole rings is 1. The minimum atomic E-state index is 0.0843. The van der Waals surface area contributed by atoms with Crippen LogP contribution < -0.4 is 0 Å². The van der Waals surface area contributed by atoms with Crippen molar-refractivity contribution in [3.63, 3.8) is 0 Å². The van der Waals surface area contributed by atoms with Crippen LogP contribution in [0.4, 0.5) is 0 Å². The average molecular weight is 269 g/mol. The number of benzene rings is 1. The Hall–Kier alpha value is -1.08. The Balaban J connectivity index is 2.20. The van der Waals surface area contributed by atoms with Crippen LogP contribution in [0.2, 0.25) is 0 Å². The van der Waals surface area contributed by atoms with Crippen molar-refractivity contribution < 1.29 is 14.3 Å². The molecule has 0 radical (unpaired) electrons. The van der Waals surface area contributed by atoms with Gasteiger partial charge in [0.2, 0.25) is 5.88 Å². The number of hydrogen-bond donors (Lipinski definition) is 1. The molecule has 1 aromatic heterocycles. The highest BCUT2D eigenvalue weighted by Crippen LogP contribution is 2.35. The predicted molar refractivity (Wildman–Crippen MR) is 67.9 cm³/mol. The Morgan fingerprint density at radius 3 is 2.53 bits per heavy atom. The van der Waals surface area contributed by atoms with Gasteiger partial charge in [0.1, 0.15) is 0 Å². The van der Waals surface area contributed by atoms with Crippen molar-refractivity contribution in [2.24, 2.45) is 0 Å². The van der Waals surface area contributed by atoms with Gasteiger partial charge in [-0.2, -0.15) is 4.33 Å². The van der Waals surface area contributed by atoms with Gasteiger partial charge in [-0.15, -0.1) is 11.3 Å². The van der Waals surface area contributed by atoms with Gasteiger partial charge in [-0.1, -0.05) is 12.1 Å². The van der Waals surface area contributed by atoms with Gasteiger partial charge in [0.15, 0.2) is 0 Å². The monoisotopic (exact) mass is 269 g/mol. The summed E-state index contributed by atoms with van der Waals surface area (Å²) in [4.78, 5) is 10.2. The highest BCUT2D eigenvalue weighted by Gasteiger charge is 2.09. The fraction of sp³-hybridized carbons (Fsp3) is 0.182. The van der Waals surface area contributed by atoms with Crippen molar-refractivity contribution in [3.05, 3.63) is 29.3 Å². The average Bonchev–Trinajstić information content (AvgIpc) is 2.66. The molecule has 0 unspecified atom stereocenters. The SMILES string of the molecule is COOSc1ccc(-c2sc(C)nc2O)cc1. The first-order chi connectivity index (χ1) is 8.20. The van der Waals surface area contributed by atoms with Gasteiger partial charge in [0.05, 0.1) is 29.0 Å². The molecule has 0 amide bonds. The van der Waals surface area contributed by atoms with Crippen molar-refractivity contribution >= 4 is 23.4 Å². The zero-order chi connectivity index (χ0) is 12.3. The Morgan fingerprint density at radius 1 is 1.29 bits per heavy atom. The fourth-order valence-corrected chi connectivity index (χ4v) is 2.55. The van der Waals surface area contributed by atoms with Crippen LogP contribution in [0.5, 0.6) is 5.88 Å². The molecule has 0 atom stereocenters. The quantitative estimate of drug-likeness (QED) is 0.523. The van der Waals surface area contributed by atoms with E-state index in [2.05, 4.69) is 9.87 Å². The van der Waals surface area contributed by atoms with Gasteiger partial charge < -0.3 is 5.11 Å². The van der Waals surface area contributed by atoms with Crippen LogP contribution in [0.15, 0.2) is 29.2 Å². The van der Waals surface area contributed by atoms with E-state index in [0.717, 1.165) is 32.4 Å². The van der Waals surface area contributed by atoms with Gasteiger partial charge >= 0.3 is 0 Å². The van der Waals surface area contributed by atoms with E-state index in [-0.39, 0.29) is 5.88 Å². The Labute approximate surface area is 107 Å². The summed E-state index contributed by atoms with van der Waals surface area (Å²) < 4.78 is 4.75. The predicted octanol–water partition coefficient (Wildman–Crippen LogP) is 3.41. The molecule has 0 saturated carbocycles. The van der Waals surface area contributed by atoms with E-state index in [0.29, 0.717) is 0 Å². The first kappa shape index (κ1) is 12.4. The Bertz CT molecular complexity index is 496. The number of rotatable bonds is 4. The van der Waals surface area contributed by atoms with E-state index in [9.17, 15) is 5.11 Å². The maximum Gasteiger partial charge on any atom is 0.230 e. The van der Waals surface area contributed by atoms with Gasteiger partial charge in [-0.05, 0) is 24.6 Å². The van der Waals surface area contributed by atoms with E-state index in [1.807, 2.05) is 31.2 Å². The smallest absolute Gasteiger partial charge is 0.230 e. The second kappa shape index (κ2) is 5.50. The molecule has 2 aromatic rings. The molecule has 6 heteroatoms. The third kappa shape index (κ3) is 2.98. The first-order valence-corrected chi connectivity index (χ1v) is 6.40. The summed E-state index contributed by atoms with van der Waals surface area (Å²) in [6.45, 7) is 1.87. The molecule has 0 saturated heterocycles. The van der Waals surface area contributed by atoms with Gasteiger partial charge in [0, 0.05) is 4.90 Å². The molecule has 1 N–H and O–H groups in total. The van der Waals surface area contributed by atoms with Gasteiger partial charge in [0.25, 0.3) is 0 Å². The molecule has 0 spiro atoms. The molecule has 1 heterocycles. The van der Waals surface area contributed by atoms with Crippen LogP contribution in [-0.4, -0.2) is 17.2 Å². The molecule has 0 aliphatic heterocycles. The largest absolute Gasteiger partial charge is 0.492 e. The summed E-state index contributed by atoms with van der Waals surface area (Å²) >= 11 is 2.60. The second-order valence-electron chi connectivity index (χ2n) is 3.23. The van der Waals surface area contributed by atoms with Crippen LogP contribution in [-0.2, 0) is 9.22 Å². The van der Waals surface area contributed by atoms with Gasteiger partial charge in [-0.3, -0.25) is 0 Å². The highest BCUT2D eigenvalue weighted by atomic mass is 32.2. The molecule has 90 valence electrons. The number of nitrogens with zero attached hydrogens (tertiary/aromatic N) is 1. The van der Waals surface area contributed by atoms with E-state index in [4.69, 9.17) is 4.33 Å². The fourth-order valence-electron chi connectivity index (χ4n) is 1.34. The standard InChI is InChI=1S/C11H11NO3S2/c1-7-12-11(13)10(16-7)8-3-5-9(6-4-8)17-15-14-2/h3-6,13H,1-2H3. The maximum atomic E-state index is 9.64. The topological polar surface area (TPSA) is 51.6 Å². The van der Waals surface area contributed by atoms with E-state index >= 15 is 0 Å². The van der Waals surface area contributed by atoms with Crippen molar-refractivity contribution in [2.75, 3.05) is 7.11 Å². The molecule has 0 fully saturated rings. The second-order valence-corrected chi connectivity index (χ2v) is 5.21. The normalized spacial score (nSPS) is 10.7. The lowest BCUT2D eigenvalue weighted by molar-refractivity contribution is -0.160. The summed E-state index contributed by atoms with van der Waals surface area (Å²) in [7, 11) is 1.46. The zero-order valence-corrected chi connectivity index (χ0v) is 11.0. The van der Waals surface area contributed by atoms with Crippen LogP contribution in [0, 0.1) is 6.92 Å². The lowest BCUT2D eigenvalue weighted by atomic mass is 10.2. The molecule has 0 aliphatic carbocycles. The summed E-state index contributed by atoms with van der Waals surface area (Å²) in [6, 6.07) is 7.61. The van der Waals surface area contributed by atoms with Crippen molar-refractivity contribution in [3.8, 4) is 16.3 Å². The van der Waals surface area contributed by atoms with E-state index in [1.165, 1.54) is 18.4 Å². The minimum absolute atomic E-state index is 0.0843. The summed E-state index contributed by atoms with van der Waals surface area (Å²) in [5.41, 5.74) is 0.940. The number of aromatic nitrogens is 1. The third-order valence-electron chi connectivity index (χ3n) is 2.03. The van der Waals surface area contributed by atoms with Crippen LogP contribution in [0.1, 0.15) is 5.01 Å². The molecule has 4 nitrogen and oxygen atoms in total. The minimum Gasteiger partial charge on any atom is -0.492 e. The molecular formula is C11H11NO3S2. The highest BCUT2D eigenvalue weighted by molar-refractivity contribution is 7.94. The third-order valence-corrected chi connectivity index (χ3v) is 3.71. The molecule has 1 aromatic carbocycles. The molecule has 17 heavy (non-hydrogen) atoms. The lowest BCUT2D eigenvalue weighted by Crippen LogP contribution is -1.79. The van der Waals surface area contributed by atoms with Crippen LogP contribution in [0.25, 0.3) is 10.4 Å². The molecule has 0 bridgehead atoms. The van der Waals surface area contributed by atoms with Crippen LogP contribution in [0.3, 0.4) is 0 Å². The number of aromatic hydroxyl groups is 1. The summed E-state index contributed by atoms with van der Waals surface area (Å²) in [5.74, 6) is 0.0843. The van der Waals surface area contributed by atoms with Crippen LogP contribution >= 0.6 is 23.4 Å². The Kier molecular flexibility index (Phi) is 4.01. The molecule has 0 aliphatic rings. The number of hydrogen-bond acceptors (Lipinski definition) is 6. The van der Waals surface area contributed by atoms with Crippen molar-refractivity contribution in [2.45, 2.75) is 11.8 Å². The van der Waals surface area contributed by atoms with E-state index in [1.54, 1.807) is 0 Å². The zero-order valence-electron chi connectivity index (χ0n) is 9.34. The summed E-state index contributed by atoms with van der Waals surface area (Å²) in [5, 5.41) is 10.5. The van der Waals surface area contributed by atoms with E-state index < -0.39 is 0 Å². The molecular weight excluding hydrogens is 258 g/mol. The maximum absolute atomic E-state index is 9.64. The van der Waals surface area contributed by atoms with Crippen molar-refractivity contribution in [1.82, 2.24) is 4.98 Å². The van der Waals surface area contributed by atoms with Gasteiger partial charge in [-0.25, -0.2) is 9.87 Å².